The first-order valence-corrected chi connectivity index (χ1v) is 22.4. The summed E-state index contributed by atoms with van der Waals surface area (Å²) >= 11 is 0. The van der Waals surface area contributed by atoms with E-state index >= 15 is 0 Å². The molecule has 6 rings (SSSR count). The van der Waals surface area contributed by atoms with Gasteiger partial charge in [0.25, 0.3) is 0 Å². The Kier molecular flexibility index (Phi) is 15.4. The molecule has 336 valence electrons. The van der Waals surface area contributed by atoms with Gasteiger partial charge in [0.05, 0.1) is 37.9 Å². The van der Waals surface area contributed by atoms with Gasteiger partial charge in [-0.25, -0.2) is 0 Å². The molecule has 1 aliphatic heterocycles. The van der Waals surface area contributed by atoms with Crippen LogP contribution >= 0.6 is 0 Å². The Balaban J connectivity index is 1.02. The highest BCUT2D eigenvalue weighted by molar-refractivity contribution is 5.90. The van der Waals surface area contributed by atoms with E-state index in [2.05, 4.69) is 36.3 Å². The van der Waals surface area contributed by atoms with Crippen LogP contribution in [0.5, 0.6) is 0 Å². The van der Waals surface area contributed by atoms with Crippen LogP contribution in [-0.4, -0.2) is 159 Å². The molecule has 0 spiro atoms. The van der Waals surface area contributed by atoms with E-state index in [1.807, 2.05) is 24.3 Å². The molecule has 4 aliphatic carbocycles. The van der Waals surface area contributed by atoms with Crippen LogP contribution in [0.25, 0.3) is 0 Å². The zero-order valence-corrected chi connectivity index (χ0v) is 35.9. The van der Waals surface area contributed by atoms with Crippen molar-refractivity contribution in [2.24, 2.45) is 46.3 Å². The molecule has 5 aliphatic rings. The van der Waals surface area contributed by atoms with E-state index in [1.165, 1.54) is 0 Å². The lowest BCUT2D eigenvalue weighted by molar-refractivity contribution is -0.207. The molecule has 12 atom stereocenters. The van der Waals surface area contributed by atoms with Crippen molar-refractivity contribution >= 4 is 29.5 Å². The molecular formula is C45H71N5O10. The molecule has 0 aromatic heterocycles. The van der Waals surface area contributed by atoms with Gasteiger partial charge in [-0.3, -0.25) is 33.9 Å². The van der Waals surface area contributed by atoms with Crippen molar-refractivity contribution in [1.82, 2.24) is 20.0 Å². The zero-order valence-electron chi connectivity index (χ0n) is 35.9. The van der Waals surface area contributed by atoms with Crippen LogP contribution in [-0.2, 0) is 25.6 Å². The maximum atomic E-state index is 13.3. The summed E-state index contributed by atoms with van der Waals surface area (Å²) in [6.45, 7) is 9.63. The summed E-state index contributed by atoms with van der Waals surface area (Å²) in [7, 11) is 0. The molecule has 5 fully saturated rings. The number of nitrogens with zero attached hydrogens (tertiary/aromatic N) is 3. The fraction of sp³-hybridized carbons (Fsp3) is 0.778. The van der Waals surface area contributed by atoms with Gasteiger partial charge >= 0.3 is 17.9 Å². The number of carboxylic acid groups (broad SMARTS) is 3. The van der Waals surface area contributed by atoms with Gasteiger partial charge in [0.1, 0.15) is 0 Å². The summed E-state index contributed by atoms with van der Waals surface area (Å²) in [6, 6.07) is 7.28. The van der Waals surface area contributed by atoms with Gasteiger partial charge in [0.2, 0.25) is 5.91 Å². The van der Waals surface area contributed by atoms with Gasteiger partial charge in [-0.05, 0) is 122 Å². The number of fused-ring (bicyclic) bond motifs is 5. The van der Waals surface area contributed by atoms with E-state index in [9.17, 15) is 49.8 Å². The number of anilines is 1. The minimum atomic E-state index is -0.987. The molecule has 0 radical (unpaired) electrons. The van der Waals surface area contributed by atoms with E-state index in [1.54, 1.807) is 9.80 Å². The van der Waals surface area contributed by atoms with Gasteiger partial charge in [-0.2, -0.15) is 0 Å². The lowest BCUT2D eigenvalue weighted by Gasteiger charge is -2.63. The molecule has 60 heavy (non-hydrogen) atoms. The van der Waals surface area contributed by atoms with Crippen LogP contribution in [0, 0.1) is 46.3 Å². The maximum absolute atomic E-state index is 13.3. The highest BCUT2D eigenvalue weighted by Gasteiger charge is 2.65. The fourth-order valence-corrected chi connectivity index (χ4v) is 12.7. The lowest BCUT2D eigenvalue weighted by Crippen LogP contribution is -2.62. The largest absolute Gasteiger partial charge is 0.480 e. The summed E-state index contributed by atoms with van der Waals surface area (Å²) < 4.78 is 0. The van der Waals surface area contributed by atoms with Crippen molar-refractivity contribution in [3.63, 3.8) is 0 Å². The van der Waals surface area contributed by atoms with Crippen molar-refractivity contribution in [3.05, 3.63) is 29.8 Å². The average Bonchev–Trinajstić information content (AvgIpc) is 3.58. The van der Waals surface area contributed by atoms with Crippen molar-refractivity contribution in [2.75, 3.05) is 70.8 Å². The normalized spacial score (nSPS) is 35.1. The van der Waals surface area contributed by atoms with Crippen LogP contribution in [0.3, 0.4) is 0 Å². The molecular weight excluding hydrogens is 771 g/mol. The number of carbonyl (C=O) groups excluding carboxylic acids is 1. The number of hydrogen-bond acceptors (Lipinski definition) is 11. The summed E-state index contributed by atoms with van der Waals surface area (Å²) in [5.74, 6) is -1.61. The van der Waals surface area contributed by atoms with Gasteiger partial charge < -0.3 is 41.3 Å². The van der Waals surface area contributed by atoms with E-state index < -0.39 is 30.1 Å². The molecule has 7 unspecified atom stereocenters. The highest BCUT2D eigenvalue weighted by atomic mass is 16.4. The molecule has 0 bridgehead atoms. The Labute approximate surface area is 354 Å². The number of aliphatic carboxylic acids is 3. The van der Waals surface area contributed by atoms with E-state index in [4.69, 9.17) is 0 Å². The zero-order chi connectivity index (χ0) is 43.4. The van der Waals surface area contributed by atoms with Crippen LogP contribution in [0.1, 0.15) is 84.1 Å². The first kappa shape index (κ1) is 46.3. The van der Waals surface area contributed by atoms with Crippen molar-refractivity contribution < 1.29 is 49.8 Å². The quantitative estimate of drug-likeness (QED) is 0.120. The van der Waals surface area contributed by atoms with Gasteiger partial charge in [-0.1, -0.05) is 32.9 Å². The van der Waals surface area contributed by atoms with Gasteiger partial charge in [-0.15, -0.1) is 0 Å². The van der Waals surface area contributed by atoms with Crippen LogP contribution in [0.15, 0.2) is 24.3 Å². The molecule has 15 nitrogen and oxygen atoms in total. The maximum Gasteiger partial charge on any atom is 0.317 e. The Hall–Kier alpha value is -3.18. The van der Waals surface area contributed by atoms with Crippen molar-refractivity contribution in [1.29, 1.82) is 0 Å². The molecule has 1 aromatic carbocycles. The second-order valence-electron chi connectivity index (χ2n) is 19.6. The van der Waals surface area contributed by atoms with E-state index in [-0.39, 0.29) is 84.0 Å². The Morgan fingerprint density at radius 3 is 2.00 bits per heavy atom. The number of hydrogen-bond donors (Lipinski definition) is 8. The number of aliphatic hydroxyl groups is 3. The summed E-state index contributed by atoms with van der Waals surface area (Å²) in [5.41, 5.74) is 1.31. The summed E-state index contributed by atoms with van der Waals surface area (Å²) in [5, 5.41) is 68.5. The van der Waals surface area contributed by atoms with Crippen LogP contribution in [0.2, 0.25) is 0 Å². The Bertz CT molecular complexity index is 1620. The minimum absolute atomic E-state index is 0.0274. The van der Waals surface area contributed by atoms with Crippen LogP contribution < -0.4 is 10.6 Å². The van der Waals surface area contributed by atoms with E-state index in [0.717, 1.165) is 44.1 Å². The number of carboxylic acids is 3. The standard InChI is InChI=1S/C45H71N5O10/c1-28(34-9-10-35-43-36(23-38(53)45(34,35)3)44(2)13-12-33(51)21-30(44)22-37(43)52)4-11-39(54)47-31-7-5-29(6-8-31)20-32(46-24-40(55)56)25-48-14-16-49(26-41(57)58)18-19-50(17-15-48)27-42(59)60/h5-8,28,30,32-38,43,46,51-53H,4,9-27H2,1-3H3,(H,47,54)(H,55,56)(H,57,58)(H,59,60)/t28?,30?,32?,33-,34?,35?,36?,37-,38+,43?,44+,45-/m1/s1. The average molecular weight is 842 g/mol. The first-order chi connectivity index (χ1) is 28.5. The van der Waals surface area contributed by atoms with Gasteiger partial charge in [0.15, 0.2) is 0 Å². The van der Waals surface area contributed by atoms with Gasteiger partial charge in [0, 0.05) is 64.0 Å². The van der Waals surface area contributed by atoms with Crippen molar-refractivity contribution in [2.45, 2.75) is 109 Å². The molecule has 8 N–H and O–H groups in total. The smallest absolute Gasteiger partial charge is 0.317 e. The molecule has 1 aromatic rings. The second kappa shape index (κ2) is 19.9. The SMILES string of the molecule is CC(CCC(=O)Nc1ccc(CC(CN2CCN(CC(=O)O)CCN(CC(=O)O)CC2)NCC(=O)O)cc1)C1CCC2C3C(C[C@H](O)[C@]12C)[C@@]1(C)CC[C@@H](O)CC1C[C@H]3O. The molecule has 1 heterocycles. The summed E-state index contributed by atoms with van der Waals surface area (Å²) in [4.78, 5) is 53.6. The number of amides is 1. The third kappa shape index (κ3) is 10.9. The fourth-order valence-electron chi connectivity index (χ4n) is 12.7. The van der Waals surface area contributed by atoms with Crippen molar-refractivity contribution in [3.8, 4) is 0 Å². The second-order valence-corrected chi connectivity index (χ2v) is 19.6. The van der Waals surface area contributed by atoms with Crippen LogP contribution in [0.4, 0.5) is 5.69 Å². The molecule has 4 saturated carbocycles. The number of nitrogens with one attached hydrogen (secondary N) is 2. The third-order valence-corrected chi connectivity index (χ3v) is 16.0. The highest BCUT2D eigenvalue weighted by Crippen LogP contribution is 2.68. The predicted octanol–water partition coefficient (Wildman–Crippen LogP) is 2.68. The topological polar surface area (TPSA) is 223 Å². The molecule has 15 heteroatoms. The monoisotopic (exact) mass is 842 g/mol. The number of carbonyl (C=O) groups is 4. The number of benzene rings is 1. The lowest BCUT2D eigenvalue weighted by atomic mass is 9.43. The first-order valence-electron chi connectivity index (χ1n) is 22.4. The molecule has 1 amide bonds. The van der Waals surface area contributed by atoms with E-state index in [0.29, 0.717) is 77.2 Å². The number of rotatable bonds is 16. The summed E-state index contributed by atoms with van der Waals surface area (Å²) in [6.07, 6.45) is 6.19. The number of aliphatic hydroxyl groups excluding tert-OH is 3. The Morgan fingerprint density at radius 1 is 0.783 bits per heavy atom. The minimum Gasteiger partial charge on any atom is -0.480 e. The predicted molar refractivity (Wildman–Crippen MR) is 225 cm³/mol. The third-order valence-electron chi connectivity index (χ3n) is 16.0. The Morgan fingerprint density at radius 2 is 1.40 bits per heavy atom. The molecule has 1 saturated heterocycles.